The summed E-state index contributed by atoms with van der Waals surface area (Å²) in [5.74, 6) is -4.14. The molecule has 4 N–H and O–H groups in total. The van der Waals surface area contributed by atoms with Crippen LogP contribution in [0.2, 0.25) is 0 Å². The molecule has 1 heterocycles. The predicted octanol–water partition coefficient (Wildman–Crippen LogP) is 11.9. The highest BCUT2D eigenvalue weighted by atomic mass is 32.1. The molecule has 0 aliphatic carbocycles. The molecule has 1 fully saturated rings. The summed E-state index contributed by atoms with van der Waals surface area (Å²) in [6.07, 6.45) is 29.3. The molecule has 0 radical (unpaired) electrons. The van der Waals surface area contributed by atoms with E-state index >= 15 is 0 Å². The number of Topliss-reactive ketones (excluding diaryl/α,β-unsaturated/α-hetero) is 4. The Morgan fingerprint density at radius 3 is 1.44 bits per heavy atom. The molecule has 27 heteroatoms. The van der Waals surface area contributed by atoms with Crippen LogP contribution in [0.25, 0.3) is 0 Å². The number of phosphoric acid groups is 1. The minimum atomic E-state index is -4.75. The van der Waals surface area contributed by atoms with Gasteiger partial charge in [0, 0.05) is 90.9 Å². The van der Waals surface area contributed by atoms with Crippen LogP contribution in [0, 0.1) is 0 Å². The lowest BCUT2D eigenvalue weighted by Gasteiger charge is -2.37. The molecular weight excluding hydrogens is 1400 g/mol. The van der Waals surface area contributed by atoms with Crippen LogP contribution in [-0.4, -0.2) is 218 Å². The summed E-state index contributed by atoms with van der Waals surface area (Å²) >= 11 is 5.88. The molecule has 606 valence electrons. The second kappa shape index (κ2) is 61.5. The van der Waals surface area contributed by atoms with E-state index in [1.54, 1.807) is 32.0 Å². The van der Waals surface area contributed by atoms with Gasteiger partial charge in [-0.2, -0.15) is 0 Å². The maximum atomic E-state index is 14.9. The molecule has 3 unspecified atom stereocenters. The van der Waals surface area contributed by atoms with Crippen LogP contribution in [-0.2, 0) is 93.5 Å². The second-order valence-electron chi connectivity index (χ2n) is 28.2. The number of amides is 2. The Balaban J connectivity index is 2.32. The average molecular weight is 1540 g/mol. The maximum absolute atomic E-state index is 14.9. The first kappa shape index (κ1) is 96.8. The predicted molar refractivity (Wildman–Crippen MR) is 414 cm³/mol. The lowest BCUT2D eigenvalue weighted by Crippen LogP contribution is -2.51. The number of benzene rings is 1. The van der Waals surface area contributed by atoms with Gasteiger partial charge in [0.25, 0.3) is 0 Å². The van der Waals surface area contributed by atoms with Crippen LogP contribution in [0.4, 0.5) is 0 Å². The molecule has 1 aromatic carbocycles. The number of carbonyl (C=O) groups excluding carboxylic acids is 10. The summed E-state index contributed by atoms with van der Waals surface area (Å²) in [6, 6.07) is 4.16. The third-order valence-electron chi connectivity index (χ3n) is 18.6. The molecule has 0 spiro atoms. The van der Waals surface area contributed by atoms with Gasteiger partial charge in [0.05, 0.1) is 71.7 Å². The van der Waals surface area contributed by atoms with Crippen molar-refractivity contribution in [1.82, 2.24) is 30.2 Å². The monoisotopic (exact) mass is 1530 g/mol. The minimum Gasteiger partial charge on any atom is -0.466 e. The number of hydrogen-bond donors (Lipinski definition) is 4. The summed E-state index contributed by atoms with van der Waals surface area (Å²) in [5, 5.41) is 16.2. The molecule has 1 saturated heterocycles. The molecule has 1 aliphatic rings. The zero-order valence-electron chi connectivity index (χ0n) is 65.5. The van der Waals surface area contributed by atoms with Gasteiger partial charge in [-0.15, -0.1) is 0 Å². The van der Waals surface area contributed by atoms with Crippen molar-refractivity contribution in [2.24, 2.45) is 0 Å². The van der Waals surface area contributed by atoms with Gasteiger partial charge in [0.15, 0.2) is 11.9 Å². The highest BCUT2D eigenvalue weighted by Crippen LogP contribution is 2.43. The summed E-state index contributed by atoms with van der Waals surface area (Å²) in [4.78, 5) is 149. The van der Waals surface area contributed by atoms with Crippen molar-refractivity contribution in [3.05, 3.63) is 34.9 Å². The first-order valence-corrected chi connectivity index (χ1v) is 41.9. The Hall–Kier alpha value is -5.28. The van der Waals surface area contributed by atoms with E-state index in [1.165, 1.54) is 123 Å². The lowest BCUT2D eigenvalue weighted by molar-refractivity contribution is -0.161. The molecule has 0 aromatic heterocycles. The minimum absolute atomic E-state index is 0.0787. The molecule has 0 saturated carbocycles. The van der Waals surface area contributed by atoms with Crippen LogP contribution in [0.5, 0.6) is 0 Å². The van der Waals surface area contributed by atoms with Crippen LogP contribution < -0.4 is 10.6 Å². The zero-order valence-corrected chi connectivity index (χ0v) is 67.3. The third-order valence-corrected chi connectivity index (χ3v) is 20.0. The number of rotatable bonds is 63. The topological polar surface area (TPSA) is 321 Å². The molecule has 1 aliphatic heterocycles. The second-order valence-corrected chi connectivity index (χ2v) is 30.3. The van der Waals surface area contributed by atoms with E-state index in [0.717, 1.165) is 44.9 Å². The number of esters is 4. The van der Waals surface area contributed by atoms with E-state index in [9.17, 15) is 62.5 Å². The van der Waals surface area contributed by atoms with Gasteiger partial charge < -0.3 is 44.4 Å². The summed E-state index contributed by atoms with van der Waals surface area (Å²) in [7, 11) is -4.75. The van der Waals surface area contributed by atoms with Crippen molar-refractivity contribution in [1.29, 1.82) is 0 Å². The van der Waals surface area contributed by atoms with Gasteiger partial charge >= 0.3 is 31.7 Å². The van der Waals surface area contributed by atoms with Crippen molar-refractivity contribution >= 4 is 83.7 Å². The Kier molecular flexibility index (Phi) is 56.1. The SMILES string of the molecule is CCCCCCCCCCCCCCCC(=O)OCC(COP(=O)(O)OCCCC(=S)Cc1ccc(CO)c(C(C(=O)CCC(C)=O)N2CCN(CC(=O)CCC(=O)OCC)CCN(CC(=O)NCC(=O)OCC)CCN(CC(=O)NCC(C)=O)CC2)c1)OC(=O)CCCCCCCCCCCCCCC. The van der Waals surface area contributed by atoms with Gasteiger partial charge in [0.2, 0.25) is 11.8 Å². The highest BCUT2D eigenvalue weighted by Gasteiger charge is 2.33. The number of nitrogens with one attached hydrogen (secondary N) is 2. The summed E-state index contributed by atoms with van der Waals surface area (Å²) < 4.78 is 45.5. The molecule has 2 amide bonds. The molecule has 1 aromatic rings. The van der Waals surface area contributed by atoms with Gasteiger partial charge in [-0.05, 0) is 74.9 Å². The fourth-order valence-corrected chi connectivity index (χ4v) is 13.6. The maximum Gasteiger partial charge on any atom is 0.472 e. The van der Waals surface area contributed by atoms with Crippen molar-refractivity contribution < 1.29 is 90.5 Å². The number of ether oxygens (including phenoxy) is 4. The number of carbonyl (C=O) groups is 10. The number of aliphatic hydroxyl groups excluding tert-OH is 1. The van der Waals surface area contributed by atoms with Crippen molar-refractivity contribution in [3.63, 3.8) is 0 Å². The summed E-state index contributed by atoms with van der Waals surface area (Å²) in [6.45, 7) is 9.52. The molecule has 2 rings (SSSR count). The first-order valence-electron chi connectivity index (χ1n) is 40.0. The number of nitrogens with zero attached hydrogens (tertiary/aromatic N) is 4. The van der Waals surface area contributed by atoms with Crippen LogP contribution in [0.15, 0.2) is 18.2 Å². The standard InChI is InChI=1S/C79H135N6O19PS/c1-7-11-13-15-17-19-21-23-25-27-29-31-33-37-75(93)101-62-69(104-77(95)38-34-32-30-28-26-24-22-20-18-16-14-12-8-2)63-103-105(97,98)102-53-35-36-70(106)54-66-40-41-67(61-86)71(55-66)79(72(90)43-39-64(5)87)85-51-49-82(58-68(89)42-44-76(94)99-9-3)45-46-83(60-74(92)81-57-78(96)100-10-4)47-48-84(50-52-85)59-73(91)80-56-65(6)88/h40-41,55,69,79,86H,7-39,42-54,56-63H2,1-6H3,(H,80,91)(H,81,92)(H,97,98). The van der Waals surface area contributed by atoms with Gasteiger partial charge in [-0.1, -0.05) is 198 Å². The zero-order chi connectivity index (χ0) is 78.0. The number of thiocarbonyl (C=S) groups is 1. The fourth-order valence-electron chi connectivity index (χ4n) is 12.5. The van der Waals surface area contributed by atoms with Gasteiger partial charge in [-0.3, -0.25) is 71.8 Å². The number of phosphoric ester groups is 1. The lowest BCUT2D eigenvalue weighted by atomic mass is 9.90. The Bertz CT molecular complexity index is 2760. The van der Waals surface area contributed by atoms with Crippen molar-refractivity contribution in [3.8, 4) is 0 Å². The van der Waals surface area contributed by atoms with Gasteiger partial charge in [-0.25, -0.2) is 4.57 Å². The Labute approximate surface area is 639 Å². The van der Waals surface area contributed by atoms with E-state index in [-0.39, 0.29) is 192 Å². The van der Waals surface area contributed by atoms with E-state index in [0.29, 0.717) is 34.4 Å². The fraction of sp³-hybridized carbons (Fsp3) is 0.785. The first-order chi connectivity index (χ1) is 51.0. The quantitative estimate of drug-likeness (QED) is 0.0155. The van der Waals surface area contributed by atoms with Crippen molar-refractivity contribution in [2.45, 2.75) is 285 Å². The van der Waals surface area contributed by atoms with E-state index in [1.807, 2.05) is 19.6 Å². The number of ketones is 4. The van der Waals surface area contributed by atoms with Gasteiger partial charge in [0.1, 0.15) is 30.5 Å². The smallest absolute Gasteiger partial charge is 0.466 e. The Morgan fingerprint density at radius 2 is 0.953 bits per heavy atom. The largest absolute Gasteiger partial charge is 0.472 e. The van der Waals surface area contributed by atoms with Crippen LogP contribution >= 0.6 is 20.0 Å². The Morgan fingerprint density at radius 1 is 0.491 bits per heavy atom. The molecule has 25 nitrogen and oxygen atoms in total. The number of aliphatic hydroxyl groups is 1. The third kappa shape index (κ3) is 50.4. The normalized spacial score (nSPS) is 14.7. The summed E-state index contributed by atoms with van der Waals surface area (Å²) in [5.41, 5.74) is 1.50. The molecular formula is C79H135N6O19PS. The van der Waals surface area contributed by atoms with E-state index < -0.39 is 68.9 Å². The molecule has 106 heavy (non-hydrogen) atoms. The molecule has 3 atom stereocenters. The van der Waals surface area contributed by atoms with Crippen LogP contribution in [0.1, 0.15) is 283 Å². The highest BCUT2D eigenvalue weighted by molar-refractivity contribution is 7.80. The van der Waals surface area contributed by atoms with E-state index in [2.05, 4.69) is 24.5 Å². The number of hydrogen-bond acceptors (Lipinski definition) is 23. The van der Waals surface area contributed by atoms with E-state index in [4.69, 9.17) is 40.2 Å². The molecule has 0 bridgehead atoms. The van der Waals surface area contributed by atoms with Crippen LogP contribution in [0.3, 0.4) is 0 Å². The average Bonchev–Trinajstić information content (AvgIpc) is 0.802. The number of unbranched alkanes of at least 4 members (excludes halogenated alkanes) is 24. The van der Waals surface area contributed by atoms with Crippen molar-refractivity contribution in [2.75, 3.05) is 118 Å².